The lowest BCUT2D eigenvalue weighted by Crippen LogP contribution is -2.46. The Kier molecular flexibility index (Phi) is 2.03. The van der Waals surface area contributed by atoms with E-state index in [0.717, 1.165) is 23.7 Å². The van der Waals surface area contributed by atoms with Crippen molar-refractivity contribution in [2.75, 3.05) is 0 Å². The summed E-state index contributed by atoms with van der Waals surface area (Å²) in [4.78, 5) is 0. The Morgan fingerprint density at radius 3 is 2.18 bits per heavy atom. The predicted molar refractivity (Wildman–Crippen MR) is 71.5 cm³/mol. The minimum atomic E-state index is 0.890. The zero-order valence-electron chi connectivity index (χ0n) is 10.5. The molecular weight excluding hydrogens is 204 g/mol. The number of benzene rings is 1. The van der Waals surface area contributed by atoms with Crippen molar-refractivity contribution in [3.05, 3.63) is 41.5 Å². The molecule has 2 fully saturated rings. The molecule has 0 radical (unpaired) electrons. The van der Waals surface area contributed by atoms with Crippen LogP contribution >= 0.6 is 0 Å². The summed E-state index contributed by atoms with van der Waals surface area (Å²) in [6.07, 6.45) is 5.92. The van der Waals surface area contributed by atoms with Crippen LogP contribution in [0.25, 0.3) is 5.57 Å². The van der Waals surface area contributed by atoms with Gasteiger partial charge in [-0.15, -0.1) is 0 Å². The molecule has 5 rings (SSSR count). The third-order valence-electron chi connectivity index (χ3n) is 5.64. The Morgan fingerprint density at radius 2 is 1.47 bits per heavy atom. The molecule has 0 spiro atoms. The normalized spacial score (nSPS) is 38.9. The summed E-state index contributed by atoms with van der Waals surface area (Å²) < 4.78 is 0. The first kappa shape index (κ1) is 9.94. The number of rotatable bonds is 1. The molecule has 0 amide bonds. The molecule has 4 unspecified atom stereocenters. The molecular formula is C17H20. The second-order valence-electron chi connectivity index (χ2n) is 6.16. The number of hydrogen-bond donors (Lipinski definition) is 0. The molecule has 2 saturated carbocycles. The van der Waals surface area contributed by atoms with Crippen LogP contribution in [0.15, 0.2) is 35.9 Å². The Morgan fingerprint density at radius 1 is 0.824 bits per heavy atom. The highest BCUT2D eigenvalue weighted by Crippen LogP contribution is 2.61. The number of fused-ring (bicyclic) bond motifs is 1. The Bertz CT molecular complexity index is 468. The first-order chi connectivity index (χ1) is 8.36. The van der Waals surface area contributed by atoms with E-state index in [0.29, 0.717) is 0 Å². The van der Waals surface area contributed by atoms with Crippen LogP contribution in [0.3, 0.4) is 0 Å². The molecule has 0 saturated heterocycles. The molecule has 0 heterocycles. The van der Waals surface area contributed by atoms with Crippen molar-refractivity contribution >= 4 is 5.57 Å². The fourth-order valence-corrected chi connectivity index (χ4v) is 4.79. The van der Waals surface area contributed by atoms with E-state index >= 15 is 0 Å². The van der Waals surface area contributed by atoms with Crippen molar-refractivity contribution in [3.63, 3.8) is 0 Å². The Balaban J connectivity index is 1.84. The van der Waals surface area contributed by atoms with E-state index in [1.165, 1.54) is 31.2 Å². The molecule has 4 aliphatic carbocycles. The van der Waals surface area contributed by atoms with Crippen LogP contribution in [0, 0.1) is 23.7 Å². The van der Waals surface area contributed by atoms with E-state index in [9.17, 15) is 0 Å². The van der Waals surface area contributed by atoms with Gasteiger partial charge in [-0.05, 0) is 67.4 Å². The maximum absolute atomic E-state index is 2.41. The first-order valence-electron chi connectivity index (χ1n) is 7.12. The maximum atomic E-state index is 2.41. The highest BCUT2D eigenvalue weighted by molar-refractivity contribution is 5.73. The van der Waals surface area contributed by atoms with Gasteiger partial charge in [0.15, 0.2) is 0 Å². The summed E-state index contributed by atoms with van der Waals surface area (Å²) >= 11 is 0. The number of allylic oxidation sites excluding steroid dienone is 2. The first-order valence-corrected chi connectivity index (χ1v) is 7.12. The third-order valence-corrected chi connectivity index (χ3v) is 5.64. The van der Waals surface area contributed by atoms with Crippen molar-refractivity contribution in [3.8, 4) is 0 Å². The second-order valence-corrected chi connectivity index (χ2v) is 6.16. The van der Waals surface area contributed by atoms with Gasteiger partial charge < -0.3 is 0 Å². The lowest BCUT2D eigenvalue weighted by molar-refractivity contribution is 0.0269. The molecule has 17 heavy (non-hydrogen) atoms. The minimum Gasteiger partial charge on any atom is -0.0658 e. The minimum absolute atomic E-state index is 0.890. The summed E-state index contributed by atoms with van der Waals surface area (Å²) in [7, 11) is 0. The third kappa shape index (κ3) is 1.24. The zero-order valence-corrected chi connectivity index (χ0v) is 10.5. The highest BCUT2D eigenvalue weighted by atomic mass is 14.5. The highest BCUT2D eigenvalue weighted by Gasteiger charge is 2.50. The summed E-state index contributed by atoms with van der Waals surface area (Å²) in [5, 5.41) is 0. The molecule has 1 aromatic rings. The molecule has 0 aromatic heterocycles. The molecule has 4 atom stereocenters. The molecule has 88 valence electrons. The van der Waals surface area contributed by atoms with Gasteiger partial charge >= 0.3 is 0 Å². The molecule has 0 aliphatic heterocycles. The molecule has 0 heteroatoms. The van der Waals surface area contributed by atoms with E-state index in [4.69, 9.17) is 0 Å². The molecule has 4 aliphatic rings. The Hall–Kier alpha value is -1.04. The van der Waals surface area contributed by atoms with Crippen molar-refractivity contribution in [1.82, 2.24) is 0 Å². The molecule has 2 bridgehead atoms. The average molecular weight is 224 g/mol. The smallest absolute Gasteiger partial charge is 0.0125 e. The van der Waals surface area contributed by atoms with Crippen molar-refractivity contribution in [2.45, 2.75) is 32.6 Å². The topological polar surface area (TPSA) is 0 Å². The van der Waals surface area contributed by atoms with E-state index in [1.807, 2.05) is 0 Å². The fraction of sp³-hybridized carbons (Fsp3) is 0.529. The zero-order chi connectivity index (χ0) is 11.4. The van der Waals surface area contributed by atoms with Gasteiger partial charge in [0, 0.05) is 0 Å². The molecule has 0 nitrogen and oxygen atoms in total. The van der Waals surface area contributed by atoms with E-state index in [1.54, 1.807) is 11.1 Å². The van der Waals surface area contributed by atoms with Gasteiger partial charge in [-0.1, -0.05) is 35.9 Å². The average Bonchev–Trinajstić information content (AvgIpc) is 2.31. The van der Waals surface area contributed by atoms with Crippen LogP contribution in [0.4, 0.5) is 0 Å². The SMILES string of the molecule is CC1=C(c2ccccc2)C2CCC1C1CCC21. The van der Waals surface area contributed by atoms with Crippen LogP contribution in [0.2, 0.25) is 0 Å². The van der Waals surface area contributed by atoms with Gasteiger partial charge in [0.2, 0.25) is 0 Å². The van der Waals surface area contributed by atoms with Crippen molar-refractivity contribution in [2.24, 2.45) is 23.7 Å². The standard InChI is InChI=1S/C17H20/c1-11-13-7-10-16(15-9-8-14(13)15)17(11)12-5-3-2-4-6-12/h2-6,13-16H,7-10H2,1H3. The maximum Gasteiger partial charge on any atom is -0.0125 e. The predicted octanol–water partition coefficient (Wildman–Crippen LogP) is 4.53. The van der Waals surface area contributed by atoms with Crippen molar-refractivity contribution in [1.29, 1.82) is 0 Å². The van der Waals surface area contributed by atoms with Crippen LogP contribution in [-0.4, -0.2) is 0 Å². The molecule has 1 aromatic carbocycles. The monoisotopic (exact) mass is 224 g/mol. The van der Waals surface area contributed by atoms with Gasteiger partial charge in [0.05, 0.1) is 0 Å². The van der Waals surface area contributed by atoms with Gasteiger partial charge in [-0.3, -0.25) is 0 Å². The fourth-order valence-electron chi connectivity index (χ4n) is 4.79. The molecule has 0 N–H and O–H groups in total. The lowest BCUT2D eigenvalue weighted by atomic mass is 9.48. The largest absolute Gasteiger partial charge is 0.0658 e. The summed E-state index contributed by atoms with van der Waals surface area (Å²) in [5.41, 5.74) is 4.96. The van der Waals surface area contributed by atoms with Crippen LogP contribution < -0.4 is 0 Å². The number of hydrogen-bond acceptors (Lipinski definition) is 0. The van der Waals surface area contributed by atoms with Crippen LogP contribution in [0.1, 0.15) is 38.2 Å². The van der Waals surface area contributed by atoms with Gasteiger partial charge in [-0.2, -0.15) is 0 Å². The van der Waals surface area contributed by atoms with Crippen LogP contribution in [-0.2, 0) is 0 Å². The van der Waals surface area contributed by atoms with E-state index in [2.05, 4.69) is 37.3 Å². The van der Waals surface area contributed by atoms with E-state index < -0.39 is 0 Å². The van der Waals surface area contributed by atoms with Gasteiger partial charge in [-0.25, -0.2) is 0 Å². The van der Waals surface area contributed by atoms with Crippen LogP contribution in [0.5, 0.6) is 0 Å². The summed E-state index contributed by atoms with van der Waals surface area (Å²) in [5.74, 6) is 3.91. The Labute approximate surface area is 104 Å². The van der Waals surface area contributed by atoms with Gasteiger partial charge in [0.25, 0.3) is 0 Å². The van der Waals surface area contributed by atoms with Crippen molar-refractivity contribution < 1.29 is 0 Å². The summed E-state index contributed by atoms with van der Waals surface area (Å²) in [6, 6.07) is 11.1. The van der Waals surface area contributed by atoms with E-state index in [-0.39, 0.29) is 0 Å². The summed E-state index contributed by atoms with van der Waals surface area (Å²) in [6.45, 7) is 2.41. The van der Waals surface area contributed by atoms with Gasteiger partial charge in [0.1, 0.15) is 0 Å². The lowest BCUT2D eigenvalue weighted by Gasteiger charge is -2.56. The second kappa shape index (κ2) is 3.48. The quantitative estimate of drug-likeness (QED) is 0.657.